The van der Waals surface area contributed by atoms with Gasteiger partial charge in [0.1, 0.15) is 17.3 Å². The normalized spacial score (nSPS) is 17.3. The van der Waals surface area contributed by atoms with Gasteiger partial charge < -0.3 is 9.84 Å². The number of hydrogen-bond donors (Lipinski definition) is 1. The summed E-state index contributed by atoms with van der Waals surface area (Å²) in [5, 5.41) is 11.7. The van der Waals surface area contributed by atoms with Crippen LogP contribution in [0.3, 0.4) is 0 Å². The molecule has 1 aliphatic heterocycles. The van der Waals surface area contributed by atoms with E-state index in [2.05, 4.69) is 0 Å². The monoisotopic (exact) mass is 513 g/mol. The van der Waals surface area contributed by atoms with Crippen LogP contribution in [0.1, 0.15) is 31.0 Å². The van der Waals surface area contributed by atoms with Crippen molar-refractivity contribution >= 4 is 46.3 Å². The van der Waals surface area contributed by atoms with Crippen molar-refractivity contribution in [2.24, 2.45) is 5.92 Å². The topological polar surface area (TPSA) is 66.8 Å². The Morgan fingerprint density at radius 2 is 1.74 bits per heavy atom. The molecule has 1 atom stereocenters. The van der Waals surface area contributed by atoms with Crippen LogP contribution >= 0.6 is 23.2 Å². The molecule has 1 saturated heterocycles. The Labute approximate surface area is 212 Å². The van der Waals surface area contributed by atoms with Crippen LogP contribution in [0, 0.1) is 11.7 Å². The van der Waals surface area contributed by atoms with E-state index in [4.69, 9.17) is 27.9 Å². The Bertz CT molecular complexity index is 1320. The molecule has 3 aromatic rings. The van der Waals surface area contributed by atoms with E-state index < -0.39 is 23.5 Å². The Morgan fingerprint density at radius 3 is 2.37 bits per heavy atom. The molecule has 1 amide bonds. The number of anilines is 1. The van der Waals surface area contributed by atoms with Crippen LogP contribution in [0.2, 0.25) is 10.0 Å². The van der Waals surface area contributed by atoms with Gasteiger partial charge in [0.05, 0.1) is 28.3 Å². The fourth-order valence-corrected chi connectivity index (χ4v) is 4.16. The minimum atomic E-state index is -1.05. The molecule has 1 aliphatic rings. The first-order chi connectivity index (χ1) is 16.7. The average Bonchev–Trinajstić information content (AvgIpc) is 3.10. The highest BCUT2D eigenvalue weighted by atomic mass is 35.5. The van der Waals surface area contributed by atoms with Gasteiger partial charge in [-0.2, -0.15) is 0 Å². The SMILES string of the molecule is CC(C)COc1ccc(/C(O)=C2/C(=O)C(=O)N(c3cccc(F)c3)C2c2ccc(Cl)c(Cl)c2)cc1. The summed E-state index contributed by atoms with van der Waals surface area (Å²) in [7, 11) is 0. The second-order valence-electron chi connectivity index (χ2n) is 8.55. The number of hydrogen-bond acceptors (Lipinski definition) is 4. The van der Waals surface area contributed by atoms with Gasteiger partial charge in [-0.1, -0.05) is 49.2 Å². The molecule has 0 radical (unpaired) electrons. The average molecular weight is 514 g/mol. The third-order valence-electron chi connectivity index (χ3n) is 5.50. The summed E-state index contributed by atoms with van der Waals surface area (Å²) in [6, 6.07) is 15.5. The molecule has 4 rings (SSSR count). The van der Waals surface area contributed by atoms with E-state index >= 15 is 0 Å². The Balaban J connectivity index is 1.84. The molecular weight excluding hydrogens is 492 g/mol. The van der Waals surface area contributed by atoms with Gasteiger partial charge in [-0.25, -0.2) is 4.39 Å². The van der Waals surface area contributed by atoms with Crippen molar-refractivity contribution in [3.05, 3.63) is 99.3 Å². The summed E-state index contributed by atoms with van der Waals surface area (Å²) in [4.78, 5) is 27.5. The number of benzene rings is 3. The summed E-state index contributed by atoms with van der Waals surface area (Å²) in [6.07, 6.45) is 0. The number of amides is 1. The lowest BCUT2D eigenvalue weighted by Crippen LogP contribution is -2.29. The molecular formula is C27H22Cl2FNO4. The van der Waals surface area contributed by atoms with Crippen molar-refractivity contribution in [3.63, 3.8) is 0 Å². The molecule has 1 heterocycles. The molecule has 0 spiro atoms. The van der Waals surface area contributed by atoms with Gasteiger partial charge >= 0.3 is 0 Å². The second kappa shape index (κ2) is 10.1. The van der Waals surface area contributed by atoms with Crippen LogP contribution < -0.4 is 9.64 Å². The first kappa shape index (κ1) is 24.8. The third-order valence-corrected chi connectivity index (χ3v) is 6.24. The van der Waals surface area contributed by atoms with E-state index in [0.29, 0.717) is 29.4 Å². The number of aliphatic hydroxyl groups is 1. The van der Waals surface area contributed by atoms with Gasteiger partial charge in [0, 0.05) is 11.3 Å². The molecule has 0 bridgehead atoms. The number of halogens is 3. The highest BCUT2D eigenvalue weighted by Gasteiger charge is 2.47. The lowest BCUT2D eigenvalue weighted by atomic mass is 9.95. The fourth-order valence-electron chi connectivity index (χ4n) is 3.85. The van der Waals surface area contributed by atoms with Gasteiger partial charge in [0.2, 0.25) is 0 Å². The van der Waals surface area contributed by atoms with Crippen molar-refractivity contribution in [1.29, 1.82) is 0 Å². The minimum absolute atomic E-state index is 0.145. The number of Topliss-reactive ketones (excluding diaryl/α,β-unsaturated/α-hetero) is 1. The van der Waals surface area contributed by atoms with Crippen LogP contribution in [-0.4, -0.2) is 23.4 Å². The molecule has 0 aromatic heterocycles. The second-order valence-corrected chi connectivity index (χ2v) is 9.37. The van der Waals surface area contributed by atoms with Crippen LogP contribution in [0.5, 0.6) is 5.75 Å². The Kier molecular flexibility index (Phi) is 7.15. The maximum absolute atomic E-state index is 14.0. The first-order valence-corrected chi connectivity index (χ1v) is 11.7. The van der Waals surface area contributed by atoms with Gasteiger partial charge in [-0.15, -0.1) is 0 Å². The molecule has 0 saturated carbocycles. The van der Waals surface area contributed by atoms with Crippen LogP contribution in [-0.2, 0) is 9.59 Å². The van der Waals surface area contributed by atoms with Gasteiger partial charge in [-0.05, 0) is 66.1 Å². The predicted octanol–water partition coefficient (Wildman–Crippen LogP) is 6.79. The van der Waals surface area contributed by atoms with Crippen molar-refractivity contribution in [2.45, 2.75) is 19.9 Å². The maximum atomic E-state index is 14.0. The van der Waals surface area contributed by atoms with Crippen molar-refractivity contribution < 1.29 is 23.8 Å². The summed E-state index contributed by atoms with van der Waals surface area (Å²) < 4.78 is 19.7. The molecule has 1 N–H and O–H groups in total. The fraction of sp³-hybridized carbons (Fsp3) is 0.185. The zero-order chi connectivity index (χ0) is 25.3. The van der Waals surface area contributed by atoms with E-state index in [1.54, 1.807) is 30.3 Å². The van der Waals surface area contributed by atoms with Crippen LogP contribution in [0.4, 0.5) is 10.1 Å². The number of ketones is 1. The highest BCUT2D eigenvalue weighted by molar-refractivity contribution is 6.51. The van der Waals surface area contributed by atoms with E-state index in [-0.39, 0.29) is 27.1 Å². The number of rotatable bonds is 6. The summed E-state index contributed by atoms with van der Waals surface area (Å²) in [5.74, 6) is -1.79. The number of aliphatic hydroxyl groups excluding tert-OH is 1. The number of carbonyl (C=O) groups excluding carboxylic acids is 2. The molecule has 1 unspecified atom stereocenters. The predicted molar refractivity (Wildman–Crippen MR) is 134 cm³/mol. The zero-order valence-corrected chi connectivity index (χ0v) is 20.5. The lowest BCUT2D eigenvalue weighted by Gasteiger charge is -2.25. The van der Waals surface area contributed by atoms with E-state index in [1.165, 1.54) is 30.3 Å². The molecule has 180 valence electrons. The highest BCUT2D eigenvalue weighted by Crippen LogP contribution is 2.43. The number of ether oxygens (including phenoxy) is 1. The Morgan fingerprint density at radius 1 is 1.03 bits per heavy atom. The summed E-state index contributed by atoms with van der Waals surface area (Å²) in [6.45, 7) is 4.59. The van der Waals surface area contributed by atoms with Gasteiger partial charge in [0.25, 0.3) is 11.7 Å². The van der Waals surface area contributed by atoms with E-state index in [0.717, 1.165) is 11.0 Å². The van der Waals surface area contributed by atoms with Gasteiger partial charge in [-0.3, -0.25) is 14.5 Å². The molecule has 0 aliphatic carbocycles. The molecule has 3 aromatic carbocycles. The molecule has 35 heavy (non-hydrogen) atoms. The van der Waals surface area contributed by atoms with E-state index in [1.807, 2.05) is 13.8 Å². The molecule has 5 nitrogen and oxygen atoms in total. The molecule has 8 heteroatoms. The largest absolute Gasteiger partial charge is 0.507 e. The van der Waals surface area contributed by atoms with Crippen molar-refractivity contribution in [1.82, 2.24) is 0 Å². The maximum Gasteiger partial charge on any atom is 0.300 e. The van der Waals surface area contributed by atoms with E-state index in [9.17, 15) is 19.1 Å². The van der Waals surface area contributed by atoms with Crippen LogP contribution in [0.15, 0.2) is 72.3 Å². The smallest absolute Gasteiger partial charge is 0.300 e. The summed E-state index contributed by atoms with van der Waals surface area (Å²) >= 11 is 12.3. The first-order valence-electron chi connectivity index (χ1n) is 10.9. The van der Waals surface area contributed by atoms with Crippen LogP contribution in [0.25, 0.3) is 5.76 Å². The van der Waals surface area contributed by atoms with Crippen molar-refractivity contribution in [2.75, 3.05) is 11.5 Å². The summed E-state index contributed by atoms with van der Waals surface area (Å²) in [5.41, 5.74) is 0.777. The van der Waals surface area contributed by atoms with Crippen molar-refractivity contribution in [3.8, 4) is 5.75 Å². The number of nitrogens with zero attached hydrogens (tertiary/aromatic N) is 1. The molecule has 1 fully saturated rings. The minimum Gasteiger partial charge on any atom is -0.507 e. The standard InChI is InChI=1S/C27H22Cl2FNO4/c1-15(2)14-35-20-9-6-16(7-10-20)25(32)23-24(17-8-11-21(28)22(29)12-17)31(27(34)26(23)33)19-5-3-4-18(30)13-19/h3-13,15,24,32H,14H2,1-2H3/b25-23-. The Hall–Kier alpha value is -3.35. The zero-order valence-electron chi connectivity index (χ0n) is 19.0. The third kappa shape index (κ3) is 5.04. The lowest BCUT2D eigenvalue weighted by molar-refractivity contribution is -0.132. The number of carbonyl (C=O) groups is 2. The van der Waals surface area contributed by atoms with Gasteiger partial charge in [0.15, 0.2) is 0 Å². The quantitative estimate of drug-likeness (QED) is 0.223.